The van der Waals surface area contributed by atoms with Gasteiger partial charge in [-0.1, -0.05) is 17.7 Å². The van der Waals surface area contributed by atoms with Crippen molar-refractivity contribution in [2.24, 2.45) is 0 Å². The van der Waals surface area contributed by atoms with Gasteiger partial charge >= 0.3 is 0 Å². The van der Waals surface area contributed by atoms with E-state index in [-0.39, 0.29) is 28.8 Å². The van der Waals surface area contributed by atoms with Crippen LogP contribution in [-0.2, 0) is 0 Å². The number of benzene rings is 2. The number of carbonyl (C=O) groups is 1. The van der Waals surface area contributed by atoms with Gasteiger partial charge in [0.2, 0.25) is 0 Å². The van der Waals surface area contributed by atoms with Gasteiger partial charge in [-0.3, -0.25) is 4.79 Å². The van der Waals surface area contributed by atoms with Gasteiger partial charge in [0.25, 0.3) is 5.91 Å². The summed E-state index contributed by atoms with van der Waals surface area (Å²) >= 11 is 5.97. The van der Waals surface area contributed by atoms with Crippen LogP contribution in [-0.4, -0.2) is 32.5 Å². The van der Waals surface area contributed by atoms with E-state index in [1.165, 1.54) is 6.07 Å². The van der Waals surface area contributed by atoms with Gasteiger partial charge < -0.3 is 14.6 Å². The van der Waals surface area contributed by atoms with Crippen molar-refractivity contribution in [3.05, 3.63) is 58.1 Å². The lowest BCUT2D eigenvalue weighted by molar-refractivity contribution is 0.0734. The maximum atomic E-state index is 13.8. The van der Waals surface area contributed by atoms with Crippen LogP contribution in [0.5, 0.6) is 5.75 Å². The van der Waals surface area contributed by atoms with E-state index < -0.39 is 5.82 Å². The summed E-state index contributed by atoms with van der Waals surface area (Å²) in [6.45, 7) is 0. The molecule has 2 aliphatic rings. The van der Waals surface area contributed by atoms with Gasteiger partial charge in [-0.25, -0.2) is 9.37 Å². The number of nitrogens with zero attached hydrogens (tertiary/aromatic N) is 3. The third-order valence-corrected chi connectivity index (χ3v) is 5.54. The molecule has 2 aromatic carbocycles. The van der Waals surface area contributed by atoms with E-state index in [0.29, 0.717) is 34.4 Å². The van der Waals surface area contributed by atoms with Gasteiger partial charge in [0, 0.05) is 30.7 Å². The molecule has 25 heavy (non-hydrogen) atoms. The number of rotatable bonds is 0. The summed E-state index contributed by atoms with van der Waals surface area (Å²) in [6.07, 6.45) is 0.611. The number of fused-ring (bicyclic) bond motifs is 9. The van der Waals surface area contributed by atoms with E-state index in [2.05, 4.69) is 4.98 Å². The maximum absolute atomic E-state index is 13.8. The average molecular weight is 358 g/mol. The summed E-state index contributed by atoms with van der Waals surface area (Å²) in [5, 5.41) is 10.5. The molecule has 0 spiro atoms. The highest BCUT2D eigenvalue weighted by Gasteiger charge is 2.44. The highest BCUT2D eigenvalue weighted by Crippen LogP contribution is 2.49. The van der Waals surface area contributed by atoms with Gasteiger partial charge in [0.05, 0.1) is 28.1 Å². The van der Waals surface area contributed by atoms with E-state index in [0.717, 1.165) is 0 Å². The van der Waals surface area contributed by atoms with Gasteiger partial charge in [0.15, 0.2) is 0 Å². The molecule has 1 N–H and O–H groups in total. The zero-order chi connectivity index (χ0) is 17.5. The molecular weight excluding hydrogens is 345 g/mol. The van der Waals surface area contributed by atoms with Gasteiger partial charge in [-0.2, -0.15) is 0 Å². The Bertz CT molecular complexity index is 1080. The Morgan fingerprint density at radius 1 is 1.32 bits per heavy atom. The van der Waals surface area contributed by atoms with Crippen molar-refractivity contribution < 1.29 is 14.3 Å². The molecule has 2 atom stereocenters. The quantitative estimate of drug-likeness (QED) is 0.668. The first-order chi connectivity index (χ1) is 12.0. The van der Waals surface area contributed by atoms with Crippen LogP contribution in [0.25, 0.3) is 11.0 Å². The number of phenolic OH excluding ortho intramolecular Hbond substituents is 1. The van der Waals surface area contributed by atoms with Gasteiger partial charge in [-0.15, -0.1) is 0 Å². The number of carbonyl (C=O) groups excluding carboxylic acids is 1. The van der Waals surface area contributed by atoms with Crippen molar-refractivity contribution in [1.29, 1.82) is 0 Å². The number of aromatic hydroxyl groups is 1. The molecule has 126 valence electrons. The van der Waals surface area contributed by atoms with Crippen LogP contribution >= 0.6 is 11.6 Å². The Hall–Kier alpha value is -2.60. The predicted molar refractivity (Wildman–Crippen MR) is 90.4 cm³/mol. The minimum absolute atomic E-state index is 0.0244. The molecule has 3 heterocycles. The predicted octanol–water partition coefficient (Wildman–Crippen LogP) is 3.65. The van der Waals surface area contributed by atoms with Crippen LogP contribution in [0.4, 0.5) is 4.39 Å². The highest BCUT2D eigenvalue weighted by atomic mass is 35.5. The lowest BCUT2D eigenvalue weighted by Gasteiger charge is -2.24. The van der Waals surface area contributed by atoms with Crippen LogP contribution in [0.3, 0.4) is 0 Å². The van der Waals surface area contributed by atoms with E-state index in [9.17, 15) is 14.3 Å². The van der Waals surface area contributed by atoms with Crippen LogP contribution in [0, 0.1) is 5.82 Å². The highest BCUT2D eigenvalue weighted by molar-refractivity contribution is 6.31. The first-order valence-electron chi connectivity index (χ1n) is 7.93. The zero-order valence-electron chi connectivity index (χ0n) is 13.2. The SMILES string of the molecule is CN1C(=O)c2cccc(O)c2[C@H]2C[C@@H]1c1nc3cc(F)c(Cl)cc3n12. The first-order valence-corrected chi connectivity index (χ1v) is 8.31. The third kappa shape index (κ3) is 1.77. The summed E-state index contributed by atoms with van der Waals surface area (Å²) < 4.78 is 15.8. The minimum Gasteiger partial charge on any atom is -0.508 e. The minimum atomic E-state index is -0.526. The Morgan fingerprint density at radius 2 is 2.12 bits per heavy atom. The largest absolute Gasteiger partial charge is 0.508 e. The smallest absolute Gasteiger partial charge is 0.254 e. The maximum Gasteiger partial charge on any atom is 0.254 e. The van der Waals surface area contributed by atoms with Crippen molar-refractivity contribution in [1.82, 2.24) is 14.5 Å². The number of imidazole rings is 1. The summed E-state index contributed by atoms with van der Waals surface area (Å²) in [4.78, 5) is 19.0. The van der Waals surface area contributed by atoms with Crippen molar-refractivity contribution in [2.45, 2.75) is 18.5 Å². The normalized spacial score (nSPS) is 21.4. The number of hydrogen-bond donors (Lipinski definition) is 1. The van der Waals surface area contributed by atoms with Crippen molar-refractivity contribution in [2.75, 3.05) is 7.05 Å². The molecule has 1 amide bonds. The molecule has 0 fully saturated rings. The van der Waals surface area contributed by atoms with Crippen molar-refractivity contribution in [3.63, 3.8) is 0 Å². The molecule has 5 rings (SSSR count). The Morgan fingerprint density at radius 3 is 2.92 bits per heavy atom. The van der Waals surface area contributed by atoms with Crippen LogP contribution in [0.15, 0.2) is 30.3 Å². The fourth-order valence-corrected chi connectivity index (χ4v) is 4.25. The second kappa shape index (κ2) is 4.73. The van der Waals surface area contributed by atoms with Crippen molar-refractivity contribution in [3.8, 4) is 5.75 Å². The second-order valence-electron chi connectivity index (χ2n) is 6.52. The molecule has 0 unspecified atom stereocenters. The Balaban J connectivity index is 1.88. The Kier molecular flexibility index (Phi) is 2.78. The van der Waals surface area contributed by atoms with Crippen LogP contribution in [0.2, 0.25) is 5.02 Å². The molecule has 0 radical (unpaired) electrons. The summed E-state index contributed by atoms with van der Waals surface area (Å²) in [5.41, 5.74) is 2.26. The molecule has 0 saturated heterocycles. The van der Waals surface area contributed by atoms with Gasteiger partial charge in [-0.05, 0) is 18.2 Å². The summed E-state index contributed by atoms with van der Waals surface area (Å²) in [7, 11) is 1.73. The van der Waals surface area contributed by atoms with Crippen LogP contribution < -0.4 is 0 Å². The van der Waals surface area contributed by atoms with E-state index >= 15 is 0 Å². The first kappa shape index (κ1) is 14.7. The number of halogens is 2. The molecule has 7 heteroatoms. The fourth-order valence-electron chi connectivity index (χ4n) is 4.09. The molecule has 3 aromatic rings. The second-order valence-corrected chi connectivity index (χ2v) is 6.92. The third-order valence-electron chi connectivity index (χ3n) is 5.25. The summed E-state index contributed by atoms with van der Waals surface area (Å²) in [5.74, 6) is 0.0849. The number of hydrogen-bond acceptors (Lipinski definition) is 3. The van der Waals surface area contributed by atoms with Crippen molar-refractivity contribution >= 4 is 28.5 Å². The average Bonchev–Trinajstić information content (AvgIpc) is 3.08. The zero-order valence-corrected chi connectivity index (χ0v) is 14.0. The summed E-state index contributed by atoms with van der Waals surface area (Å²) in [6, 6.07) is 7.34. The molecule has 0 saturated carbocycles. The molecular formula is C18H13ClFN3O2. The number of amides is 1. The molecule has 2 aliphatic heterocycles. The molecule has 0 aliphatic carbocycles. The topological polar surface area (TPSA) is 58.4 Å². The molecule has 2 bridgehead atoms. The lowest BCUT2D eigenvalue weighted by atomic mass is 9.98. The van der Waals surface area contributed by atoms with E-state index in [4.69, 9.17) is 11.6 Å². The standard InChI is InChI=1S/C18H13ClFN3O2/c1-22-14-7-13(16-8(18(22)25)3-2-4-15(16)24)23-12-5-9(19)10(20)6-11(12)21-17(14)23/h2-6,13-14,24H,7H2,1H3/t13-,14-/m1/s1. The van der Waals surface area contributed by atoms with E-state index in [1.54, 1.807) is 36.2 Å². The van der Waals surface area contributed by atoms with E-state index in [1.807, 2.05) is 4.57 Å². The molecule has 5 nitrogen and oxygen atoms in total. The van der Waals surface area contributed by atoms with Crippen LogP contribution in [0.1, 0.15) is 40.3 Å². The number of phenols is 1. The Labute approximate surface area is 147 Å². The lowest BCUT2D eigenvalue weighted by Crippen LogP contribution is -2.30. The fraction of sp³-hybridized carbons (Fsp3) is 0.222. The monoisotopic (exact) mass is 357 g/mol. The molecule has 1 aromatic heterocycles. The van der Waals surface area contributed by atoms with Gasteiger partial charge in [0.1, 0.15) is 17.4 Å². The number of aromatic nitrogens is 2.